The summed E-state index contributed by atoms with van der Waals surface area (Å²) in [5.41, 5.74) is 3.02. The second-order valence-electron chi connectivity index (χ2n) is 7.56. The lowest BCUT2D eigenvalue weighted by molar-refractivity contribution is 0.0690. The highest BCUT2D eigenvalue weighted by molar-refractivity contribution is 7.90. The Morgan fingerprint density at radius 3 is 2.56 bits per heavy atom. The van der Waals surface area contributed by atoms with Crippen LogP contribution in [0.3, 0.4) is 0 Å². The Morgan fingerprint density at radius 1 is 1.33 bits per heavy atom. The molecule has 1 aromatic heterocycles. The van der Waals surface area contributed by atoms with Crippen molar-refractivity contribution in [1.29, 1.82) is 0 Å². The summed E-state index contributed by atoms with van der Waals surface area (Å²) in [7, 11) is 0. The van der Waals surface area contributed by atoms with Gasteiger partial charge in [0.1, 0.15) is 10.4 Å². The number of aromatic nitrogens is 1. The lowest BCUT2D eigenvalue weighted by Crippen LogP contribution is -2.42. The number of pyridine rings is 1. The summed E-state index contributed by atoms with van der Waals surface area (Å²) in [6.45, 7) is 6.02. The number of aromatic carboxylic acids is 1. The number of aliphatic hydroxyl groups excluding tert-OH is 1. The molecule has 144 valence electrons. The molecule has 1 aliphatic rings. The monoisotopic (exact) mass is 388 g/mol. The molecule has 0 amide bonds. The number of nitrogens with zero attached hydrogens (tertiary/aromatic N) is 2. The number of carbonyl (C=O) groups is 1. The van der Waals surface area contributed by atoms with Crippen LogP contribution in [0.4, 0.5) is 0 Å². The standard InChI is InChI=1S/C20H24N2O4S/c1-20(2,3)27(26)22-12-14-11-15(19(24)25)21-18(13-7-5-4-6-8-13)17(14)16(22)9-10-23/h4-8,11,16,23H,9-10,12H2,1-3H3,(H,24,25)/t16-,27-/m1/s1. The summed E-state index contributed by atoms with van der Waals surface area (Å²) in [5, 5.41) is 19.1. The van der Waals surface area contributed by atoms with Gasteiger partial charge in [-0.2, -0.15) is 0 Å². The molecule has 0 saturated heterocycles. The number of rotatable bonds is 5. The van der Waals surface area contributed by atoms with Gasteiger partial charge in [-0.15, -0.1) is 4.31 Å². The average Bonchev–Trinajstić information content (AvgIpc) is 2.99. The van der Waals surface area contributed by atoms with E-state index in [9.17, 15) is 19.6 Å². The molecule has 2 atom stereocenters. The van der Waals surface area contributed by atoms with E-state index in [2.05, 4.69) is 4.98 Å². The third-order valence-corrected chi connectivity index (χ3v) is 6.41. The van der Waals surface area contributed by atoms with E-state index in [1.807, 2.05) is 55.4 Å². The molecule has 0 unspecified atom stereocenters. The predicted molar refractivity (Wildman–Crippen MR) is 105 cm³/mol. The zero-order valence-electron chi connectivity index (χ0n) is 15.7. The number of hydrogen-bond donors (Lipinski definition) is 2. The van der Waals surface area contributed by atoms with Gasteiger partial charge < -0.3 is 14.8 Å². The molecule has 0 fully saturated rings. The average molecular weight is 388 g/mol. The second kappa shape index (κ2) is 7.59. The number of hydrogen-bond acceptors (Lipinski definition) is 5. The van der Waals surface area contributed by atoms with Crippen molar-refractivity contribution in [3.05, 3.63) is 53.2 Å². The van der Waals surface area contributed by atoms with Crippen molar-refractivity contribution in [2.45, 2.75) is 44.5 Å². The van der Waals surface area contributed by atoms with Gasteiger partial charge in [-0.1, -0.05) is 30.3 Å². The maximum absolute atomic E-state index is 13.1. The van der Waals surface area contributed by atoms with Crippen molar-refractivity contribution in [1.82, 2.24) is 9.29 Å². The molecule has 6 nitrogen and oxygen atoms in total. The normalized spacial score (nSPS) is 18.3. The summed E-state index contributed by atoms with van der Waals surface area (Å²) in [4.78, 5) is 16.0. The van der Waals surface area contributed by atoms with Gasteiger partial charge in [-0.3, -0.25) is 0 Å². The molecule has 0 bridgehead atoms. The number of benzene rings is 1. The lowest BCUT2D eigenvalue weighted by Gasteiger charge is -2.33. The first kappa shape index (κ1) is 19.8. The van der Waals surface area contributed by atoms with Gasteiger partial charge in [-0.25, -0.2) is 9.78 Å². The fourth-order valence-electron chi connectivity index (χ4n) is 3.39. The SMILES string of the molecule is CC(C)(C)[S@@+]([O-])N1Cc2cc(C(=O)O)nc(-c3ccccc3)c2[C@H]1CCO. The van der Waals surface area contributed by atoms with Gasteiger partial charge in [0.05, 0.1) is 18.3 Å². The van der Waals surface area contributed by atoms with Gasteiger partial charge in [0, 0.05) is 29.1 Å². The van der Waals surface area contributed by atoms with Gasteiger partial charge in [0.25, 0.3) is 0 Å². The number of carboxylic acids is 1. The van der Waals surface area contributed by atoms with E-state index in [1.54, 1.807) is 6.07 Å². The summed E-state index contributed by atoms with van der Waals surface area (Å²) >= 11 is -1.31. The zero-order valence-corrected chi connectivity index (χ0v) is 16.5. The van der Waals surface area contributed by atoms with Crippen LogP contribution in [-0.2, 0) is 17.9 Å². The second-order valence-corrected chi connectivity index (χ2v) is 9.76. The van der Waals surface area contributed by atoms with Crippen molar-refractivity contribution in [2.75, 3.05) is 6.61 Å². The van der Waals surface area contributed by atoms with Gasteiger partial charge in [0.2, 0.25) is 0 Å². The highest BCUT2D eigenvalue weighted by Gasteiger charge is 2.44. The fraction of sp³-hybridized carbons (Fsp3) is 0.400. The fourth-order valence-corrected chi connectivity index (χ4v) is 4.80. The topological polar surface area (TPSA) is 96.7 Å². The Kier molecular flexibility index (Phi) is 5.58. The molecule has 3 rings (SSSR count). The van der Waals surface area contributed by atoms with Crippen LogP contribution in [0.25, 0.3) is 11.3 Å². The van der Waals surface area contributed by atoms with Gasteiger partial charge in [0.15, 0.2) is 0 Å². The molecule has 0 spiro atoms. The Hall–Kier alpha value is -1.93. The van der Waals surface area contributed by atoms with Crippen LogP contribution in [-0.4, -0.2) is 41.4 Å². The molecule has 2 aromatic rings. The molecule has 0 radical (unpaired) electrons. The molecule has 1 aliphatic heterocycles. The van der Waals surface area contributed by atoms with Gasteiger partial charge >= 0.3 is 5.97 Å². The van der Waals surface area contributed by atoms with Crippen LogP contribution < -0.4 is 0 Å². The van der Waals surface area contributed by atoms with Crippen LogP contribution >= 0.6 is 0 Å². The molecular formula is C20H24N2O4S. The minimum absolute atomic E-state index is 0.0289. The van der Waals surface area contributed by atoms with Crippen LogP contribution in [0.15, 0.2) is 36.4 Å². The van der Waals surface area contributed by atoms with Crippen molar-refractivity contribution >= 4 is 17.3 Å². The maximum atomic E-state index is 13.1. The summed E-state index contributed by atoms with van der Waals surface area (Å²) < 4.78 is 14.5. The van der Waals surface area contributed by atoms with Crippen LogP contribution in [0.2, 0.25) is 0 Å². The molecule has 1 aromatic carbocycles. The quantitative estimate of drug-likeness (QED) is 0.764. The minimum Gasteiger partial charge on any atom is -0.597 e. The highest BCUT2D eigenvalue weighted by Crippen LogP contribution is 2.44. The minimum atomic E-state index is -1.31. The predicted octanol–water partition coefficient (Wildman–Crippen LogP) is 3.15. The molecule has 27 heavy (non-hydrogen) atoms. The largest absolute Gasteiger partial charge is 0.597 e. The maximum Gasteiger partial charge on any atom is 0.354 e. The van der Waals surface area contributed by atoms with Crippen LogP contribution in [0, 0.1) is 0 Å². The van der Waals surface area contributed by atoms with Crippen molar-refractivity contribution in [2.24, 2.45) is 0 Å². The Bertz CT molecular complexity index is 836. The first-order chi connectivity index (χ1) is 12.7. The summed E-state index contributed by atoms with van der Waals surface area (Å²) in [6, 6.07) is 10.7. The Morgan fingerprint density at radius 2 is 2.00 bits per heavy atom. The van der Waals surface area contributed by atoms with Gasteiger partial charge in [-0.05, 0) is 38.8 Å². The summed E-state index contributed by atoms with van der Waals surface area (Å²) in [5.74, 6) is -1.09. The smallest absolute Gasteiger partial charge is 0.354 e. The molecule has 0 aliphatic carbocycles. The van der Waals surface area contributed by atoms with Crippen molar-refractivity contribution in [3.8, 4) is 11.3 Å². The van der Waals surface area contributed by atoms with Crippen molar-refractivity contribution < 1.29 is 19.6 Å². The number of aliphatic hydroxyl groups is 1. The highest BCUT2D eigenvalue weighted by atomic mass is 32.2. The molecule has 2 N–H and O–H groups in total. The van der Waals surface area contributed by atoms with E-state index in [0.29, 0.717) is 18.7 Å². The molecule has 0 saturated carbocycles. The third kappa shape index (κ3) is 3.87. The third-order valence-electron chi connectivity index (χ3n) is 4.56. The van der Waals surface area contributed by atoms with Crippen molar-refractivity contribution in [3.63, 3.8) is 0 Å². The van der Waals surface area contributed by atoms with Crippen LogP contribution in [0.1, 0.15) is 54.8 Å². The van der Waals surface area contributed by atoms with E-state index >= 15 is 0 Å². The van der Waals surface area contributed by atoms with E-state index in [-0.39, 0.29) is 18.3 Å². The zero-order chi connectivity index (χ0) is 19.8. The molecule has 7 heteroatoms. The van der Waals surface area contributed by atoms with E-state index in [0.717, 1.165) is 16.7 Å². The molecule has 2 heterocycles. The Balaban J connectivity index is 2.18. The molecular weight excluding hydrogens is 364 g/mol. The van der Waals surface area contributed by atoms with E-state index in [4.69, 9.17) is 0 Å². The van der Waals surface area contributed by atoms with Crippen LogP contribution in [0.5, 0.6) is 0 Å². The number of carboxylic acid groups (broad SMARTS) is 1. The Labute approximate surface area is 162 Å². The summed E-state index contributed by atoms with van der Waals surface area (Å²) in [6.07, 6.45) is 0.406. The first-order valence-electron chi connectivity index (χ1n) is 8.86. The van der Waals surface area contributed by atoms with E-state index in [1.165, 1.54) is 0 Å². The lowest BCUT2D eigenvalue weighted by atomic mass is 9.96. The van der Waals surface area contributed by atoms with E-state index < -0.39 is 22.1 Å². The first-order valence-corrected chi connectivity index (χ1v) is 9.96. The number of fused-ring (bicyclic) bond motifs is 1.